The third-order valence-corrected chi connectivity index (χ3v) is 5.29. The van der Waals surface area contributed by atoms with Gasteiger partial charge in [-0.1, -0.05) is 5.16 Å². The molecular formula is C21H24N2O4S. The van der Waals surface area contributed by atoms with Gasteiger partial charge in [-0.3, -0.25) is 9.36 Å². The Morgan fingerprint density at radius 1 is 1.14 bits per heavy atom. The molecule has 3 rings (SSSR count). The minimum Gasteiger partial charge on any atom is -0.497 e. The summed E-state index contributed by atoms with van der Waals surface area (Å²) in [6, 6.07) is 11.2. The number of carbonyl (C=O) groups is 1. The van der Waals surface area contributed by atoms with Crippen molar-refractivity contribution in [2.24, 2.45) is 0 Å². The van der Waals surface area contributed by atoms with Gasteiger partial charge >= 0.3 is 0 Å². The highest BCUT2D eigenvalue weighted by Crippen LogP contribution is 2.22. The van der Waals surface area contributed by atoms with Gasteiger partial charge in [0.05, 0.1) is 19.5 Å². The lowest BCUT2D eigenvalue weighted by molar-refractivity contribution is 0.102. The van der Waals surface area contributed by atoms with E-state index in [9.17, 15) is 4.79 Å². The Bertz CT molecular complexity index is 944. The number of ether oxygens (including phenoxy) is 2. The zero-order valence-electron chi connectivity index (χ0n) is 16.5. The summed E-state index contributed by atoms with van der Waals surface area (Å²) in [6.07, 6.45) is 0. The molecule has 0 saturated heterocycles. The molecule has 0 fully saturated rings. The van der Waals surface area contributed by atoms with Gasteiger partial charge in [-0.05, 0) is 51.1 Å². The first-order valence-corrected chi connectivity index (χ1v) is 10.2. The van der Waals surface area contributed by atoms with Crippen LogP contribution >= 0.6 is 11.8 Å². The molecule has 3 aromatic rings. The van der Waals surface area contributed by atoms with Gasteiger partial charge in [0.25, 0.3) is 0 Å². The van der Waals surface area contributed by atoms with Crippen LogP contribution in [0, 0.1) is 20.8 Å². The van der Waals surface area contributed by atoms with Gasteiger partial charge in [0.2, 0.25) is 0 Å². The van der Waals surface area contributed by atoms with E-state index >= 15 is 0 Å². The lowest BCUT2D eigenvalue weighted by Crippen LogP contribution is -2.08. The van der Waals surface area contributed by atoms with Gasteiger partial charge in [0.1, 0.15) is 17.3 Å². The first-order chi connectivity index (χ1) is 13.5. The van der Waals surface area contributed by atoms with Crippen molar-refractivity contribution in [1.82, 2.24) is 9.72 Å². The van der Waals surface area contributed by atoms with E-state index in [4.69, 9.17) is 14.0 Å². The lowest BCUT2D eigenvalue weighted by atomic mass is 10.2. The van der Waals surface area contributed by atoms with E-state index < -0.39 is 0 Å². The van der Waals surface area contributed by atoms with E-state index in [0.29, 0.717) is 18.2 Å². The quantitative estimate of drug-likeness (QED) is 0.392. The predicted molar refractivity (Wildman–Crippen MR) is 110 cm³/mol. The molecule has 28 heavy (non-hydrogen) atoms. The van der Waals surface area contributed by atoms with Crippen LogP contribution in [0.1, 0.15) is 27.5 Å². The summed E-state index contributed by atoms with van der Waals surface area (Å²) >= 11 is 1.56. The van der Waals surface area contributed by atoms with Crippen LogP contribution in [0.15, 0.2) is 40.9 Å². The maximum Gasteiger partial charge on any atom is 0.180 e. The average molecular weight is 401 g/mol. The van der Waals surface area contributed by atoms with Crippen molar-refractivity contribution >= 4 is 17.5 Å². The number of thioether (sulfide) groups is 1. The van der Waals surface area contributed by atoms with Gasteiger partial charge < -0.3 is 14.0 Å². The molecular weight excluding hydrogens is 376 g/mol. The maximum absolute atomic E-state index is 12.6. The Balaban J connectivity index is 1.51. The first kappa shape index (κ1) is 20.1. The topological polar surface area (TPSA) is 66.5 Å². The van der Waals surface area contributed by atoms with Crippen LogP contribution in [-0.4, -0.2) is 40.7 Å². The van der Waals surface area contributed by atoms with Gasteiger partial charge in [-0.25, -0.2) is 0 Å². The van der Waals surface area contributed by atoms with Crippen LogP contribution in [0.3, 0.4) is 0 Å². The molecule has 0 unspecified atom stereocenters. The maximum atomic E-state index is 12.6. The molecule has 0 bridgehead atoms. The molecule has 0 N–H and O–H groups in total. The van der Waals surface area contributed by atoms with Crippen LogP contribution < -0.4 is 9.47 Å². The summed E-state index contributed by atoms with van der Waals surface area (Å²) < 4.78 is 17.9. The van der Waals surface area contributed by atoms with Crippen molar-refractivity contribution in [3.05, 3.63) is 59.1 Å². The molecule has 0 saturated carbocycles. The third-order valence-electron chi connectivity index (χ3n) is 4.37. The van der Waals surface area contributed by atoms with Crippen LogP contribution in [0.5, 0.6) is 11.5 Å². The number of aryl methyl sites for hydroxylation is 2. The molecule has 0 radical (unpaired) electrons. The van der Waals surface area contributed by atoms with Crippen molar-refractivity contribution in [3.63, 3.8) is 0 Å². The van der Waals surface area contributed by atoms with Crippen LogP contribution in [0.4, 0.5) is 0 Å². The molecule has 2 aromatic heterocycles. The number of methoxy groups -OCH3 is 1. The second kappa shape index (κ2) is 9.01. The fourth-order valence-corrected chi connectivity index (χ4v) is 3.68. The van der Waals surface area contributed by atoms with E-state index in [-0.39, 0.29) is 5.78 Å². The van der Waals surface area contributed by atoms with E-state index in [0.717, 1.165) is 40.0 Å². The Morgan fingerprint density at radius 3 is 2.50 bits per heavy atom. The zero-order chi connectivity index (χ0) is 20.1. The number of rotatable bonds is 9. The van der Waals surface area contributed by atoms with Crippen LogP contribution in [0.25, 0.3) is 5.82 Å². The van der Waals surface area contributed by atoms with E-state index in [1.807, 2.05) is 61.7 Å². The largest absolute Gasteiger partial charge is 0.497 e. The van der Waals surface area contributed by atoms with Gasteiger partial charge in [0, 0.05) is 28.8 Å². The number of benzene rings is 1. The monoisotopic (exact) mass is 400 g/mol. The summed E-state index contributed by atoms with van der Waals surface area (Å²) in [6.45, 7) is 6.29. The standard InChI is InChI=1S/C21H24N2O4S/c1-14-11-19(16(3)23(14)21-12-15(2)27-22-21)20(24)13-28-10-9-26-18-7-5-17(25-4)6-8-18/h5-8,11-12H,9-10,13H2,1-4H3. The highest BCUT2D eigenvalue weighted by Gasteiger charge is 2.18. The van der Waals surface area contributed by atoms with Gasteiger partial charge in [0.15, 0.2) is 11.6 Å². The smallest absolute Gasteiger partial charge is 0.180 e. The van der Waals surface area contributed by atoms with Crippen molar-refractivity contribution in [2.45, 2.75) is 20.8 Å². The first-order valence-electron chi connectivity index (χ1n) is 9.00. The molecule has 0 aliphatic heterocycles. The number of nitrogens with zero attached hydrogens (tertiary/aromatic N) is 2. The average Bonchev–Trinajstić information content (AvgIpc) is 3.24. The van der Waals surface area contributed by atoms with Gasteiger partial charge in [-0.15, -0.1) is 0 Å². The SMILES string of the molecule is COc1ccc(OCCSCC(=O)c2cc(C)n(-c3cc(C)on3)c2C)cc1. The Kier molecular flexibility index (Phi) is 6.46. The minimum absolute atomic E-state index is 0.106. The summed E-state index contributed by atoms with van der Waals surface area (Å²) in [5.74, 6) is 4.28. The molecule has 0 atom stereocenters. The third kappa shape index (κ3) is 4.59. The van der Waals surface area contributed by atoms with Gasteiger partial charge in [-0.2, -0.15) is 11.8 Å². The fraction of sp³-hybridized carbons (Fsp3) is 0.333. The number of ketones is 1. The molecule has 2 heterocycles. The zero-order valence-corrected chi connectivity index (χ0v) is 17.3. The summed E-state index contributed by atoms with van der Waals surface area (Å²) in [5.41, 5.74) is 2.56. The highest BCUT2D eigenvalue weighted by atomic mass is 32.2. The second-order valence-electron chi connectivity index (χ2n) is 6.42. The fourth-order valence-electron chi connectivity index (χ4n) is 2.99. The van der Waals surface area contributed by atoms with E-state index in [1.54, 1.807) is 18.9 Å². The summed E-state index contributed by atoms with van der Waals surface area (Å²) in [4.78, 5) is 12.6. The van der Waals surface area contributed by atoms with Crippen LogP contribution in [0.2, 0.25) is 0 Å². The number of carbonyl (C=O) groups excluding carboxylic acids is 1. The molecule has 1 aromatic carbocycles. The van der Waals surface area contributed by atoms with Crippen molar-refractivity contribution in [2.75, 3.05) is 25.2 Å². The van der Waals surface area contributed by atoms with E-state index in [2.05, 4.69) is 5.16 Å². The predicted octanol–water partition coefficient (Wildman–Crippen LogP) is 4.39. The summed E-state index contributed by atoms with van der Waals surface area (Å²) in [7, 11) is 1.63. The molecule has 0 aliphatic rings. The van der Waals surface area contributed by atoms with Crippen LogP contribution in [-0.2, 0) is 0 Å². The number of hydrogen-bond acceptors (Lipinski definition) is 6. The highest BCUT2D eigenvalue weighted by molar-refractivity contribution is 8.00. The van der Waals surface area contributed by atoms with E-state index in [1.165, 1.54) is 0 Å². The van der Waals surface area contributed by atoms with Crippen molar-refractivity contribution < 1.29 is 18.8 Å². The summed E-state index contributed by atoms with van der Waals surface area (Å²) in [5, 5.41) is 4.05. The normalized spacial score (nSPS) is 10.9. The molecule has 7 heteroatoms. The Labute approximate surface area is 168 Å². The number of aromatic nitrogens is 2. The number of Topliss-reactive ketones (excluding diaryl/α,β-unsaturated/α-hetero) is 1. The molecule has 6 nitrogen and oxygen atoms in total. The molecule has 0 aliphatic carbocycles. The lowest BCUT2D eigenvalue weighted by Gasteiger charge is -2.07. The number of hydrogen-bond donors (Lipinski definition) is 0. The molecule has 148 valence electrons. The second-order valence-corrected chi connectivity index (χ2v) is 7.52. The van der Waals surface area contributed by atoms with Crippen molar-refractivity contribution in [3.8, 4) is 17.3 Å². The Hall–Kier alpha value is -2.67. The minimum atomic E-state index is 0.106. The molecule has 0 amide bonds. The Morgan fingerprint density at radius 2 is 1.86 bits per heavy atom. The molecule has 0 spiro atoms. The van der Waals surface area contributed by atoms with Crippen molar-refractivity contribution in [1.29, 1.82) is 0 Å².